The van der Waals surface area contributed by atoms with E-state index in [9.17, 15) is 4.79 Å². The third-order valence-corrected chi connectivity index (χ3v) is 2.87. The Balaban J connectivity index is 2.35. The number of ether oxygens (including phenoxy) is 1. The van der Waals surface area contributed by atoms with Crippen LogP contribution in [0.3, 0.4) is 0 Å². The van der Waals surface area contributed by atoms with Gasteiger partial charge in [-0.05, 0) is 18.2 Å². The lowest BCUT2D eigenvalue weighted by atomic mass is 10.2. The van der Waals surface area contributed by atoms with Gasteiger partial charge in [0.15, 0.2) is 0 Å². The molecule has 0 bridgehead atoms. The van der Waals surface area contributed by atoms with E-state index in [0.29, 0.717) is 22.6 Å². The van der Waals surface area contributed by atoms with Crippen LogP contribution in [0, 0.1) is 11.3 Å². The van der Waals surface area contributed by atoms with Crippen LogP contribution in [0.1, 0.15) is 15.9 Å². The third-order valence-electron chi connectivity index (χ3n) is 2.87. The number of nitrogens with zero attached hydrogens (tertiary/aromatic N) is 3. The van der Waals surface area contributed by atoms with Crippen LogP contribution in [-0.2, 0) is 0 Å². The van der Waals surface area contributed by atoms with Crippen LogP contribution in [0.5, 0.6) is 5.75 Å². The first-order chi connectivity index (χ1) is 9.67. The van der Waals surface area contributed by atoms with Crippen LogP contribution in [0.2, 0.25) is 0 Å². The van der Waals surface area contributed by atoms with Crippen LogP contribution in [0.25, 0.3) is 0 Å². The van der Waals surface area contributed by atoms with Crippen molar-refractivity contribution in [3.63, 3.8) is 0 Å². The molecular formula is C15H13N3O2. The van der Waals surface area contributed by atoms with Gasteiger partial charge in [0.25, 0.3) is 5.91 Å². The Hall–Kier alpha value is -2.87. The molecule has 2 rings (SSSR count). The van der Waals surface area contributed by atoms with E-state index in [1.807, 2.05) is 18.2 Å². The second kappa shape index (κ2) is 5.85. The highest BCUT2D eigenvalue weighted by molar-refractivity contribution is 6.06. The highest BCUT2D eigenvalue weighted by Gasteiger charge is 2.17. The quantitative estimate of drug-likeness (QED) is 0.855. The van der Waals surface area contributed by atoms with E-state index in [1.165, 1.54) is 23.4 Å². The molecule has 0 atom stereocenters. The fourth-order valence-corrected chi connectivity index (χ4v) is 1.83. The summed E-state index contributed by atoms with van der Waals surface area (Å²) in [5, 5.41) is 8.85. The Morgan fingerprint density at radius 1 is 1.35 bits per heavy atom. The number of benzene rings is 1. The van der Waals surface area contributed by atoms with Crippen LogP contribution in [-0.4, -0.2) is 25.0 Å². The van der Waals surface area contributed by atoms with Crippen molar-refractivity contribution in [2.45, 2.75) is 0 Å². The summed E-state index contributed by atoms with van der Waals surface area (Å²) in [5.74, 6) is 0.354. The molecule has 1 aromatic heterocycles. The van der Waals surface area contributed by atoms with E-state index in [0.717, 1.165) is 0 Å². The van der Waals surface area contributed by atoms with Gasteiger partial charge in [0.05, 0.1) is 23.9 Å². The van der Waals surface area contributed by atoms with Crippen molar-refractivity contribution in [3.8, 4) is 11.8 Å². The van der Waals surface area contributed by atoms with E-state index >= 15 is 0 Å². The molecule has 0 radical (unpaired) electrons. The maximum absolute atomic E-state index is 12.4. The number of carbonyl (C=O) groups excluding carboxylic acids is 1. The first-order valence-corrected chi connectivity index (χ1v) is 5.93. The maximum Gasteiger partial charge on any atom is 0.259 e. The topological polar surface area (TPSA) is 66.2 Å². The predicted octanol–water partition coefficient (Wildman–Crippen LogP) is 2.24. The van der Waals surface area contributed by atoms with Crippen molar-refractivity contribution in [2.75, 3.05) is 19.1 Å². The SMILES string of the molecule is COc1ccccc1N(C)C(=O)c1cncc(C#N)c1. The van der Waals surface area contributed by atoms with Gasteiger partial charge in [-0.1, -0.05) is 12.1 Å². The fourth-order valence-electron chi connectivity index (χ4n) is 1.83. The molecule has 0 aliphatic heterocycles. The Kier molecular flexibility index (Phi) is 3.96. The van der Waals surface area contributed by atoms with E-state index in [2.05, 4.69) is 4.98 Å². The Labute approximate surface area is 117 Å². The number of nitriles is 1. The fraction of sp³-hybridized carbons (Fsp3) is 0.133. The Morgan fingerprint density at radius 3 is 2.80 bits per heavy atom. The van der Waals surface area contributed by atoms with Gasteiger partial charge in [0.2, 0.25) is 0 Å². The molecule has 20 heavy (non-hydrogen) atoms. The molecule has 0 aliphatic carbocycles. The van der Waals surface area contributed by atoms with Crippen LogP contribution >= 0.6 is 0 Å². The maximum atomic E-state index is 12.4. The summed E-state index contributed by atoms with van der Waals surface area (Å²) in [6, 6.07) is 10.7. The molecular weight excluding hydrogens is 254 g/mol. The number of anilines is 1. The normalized spacial score (nSPS) is 9.65. The van der Waals surface area contributed by atoms with Crippen molar-refractivity contribution in [2.24, 2.45) is 0 Å². The highest BCUT2D eigenvalue weighted by atomic mass is 16.5. The predicted molar refractivity (Wildman–Crippen MR) is 74.7 cm³/mol. The molecule has 0 unspecified atom stereocenters. The molecule has 0 fully saturated rings. The number of amides is 1. The molecule has 0 N–H and O–H groups in total. The molecule has 5 nitrogen and oxygen atoms in total. The molecule has 0 saturated heterocycles. The number of para-hydroxylation sites is 2. The second-order valence-electron chi connectivity index (χ2n) is 4.11. The van der Waals surface area contributed by atoms with Gasteiger partial charge in [0.1, 0.15) is 11.8 Å². The molecule has 0 spiro atoms. The molecule has 1 heterocycles. The van der Waals surface area contributed by atoms with Crippen molar-refractivity contribution >= 4 is 11.6 Å². The van der Waals surface area contributed by atoms with Crippen molar-refractivity contribution < 1.29 is 9.53 Å². The first kappa shape index (κ1) is 13.6. The molecule has 1 aromatic carbocycles. The lowest BCUT2D eigenvalue weighted by Crippen LogP contribution is -2.26. The Bertz CT molecular complexity index is 677. The molecule has 5 heteroatoms. The monoisotopic (exact) mass is 267 g/mol. The first-order valence-electron chi connectivity index (χ1n) is 5.93. The highest BCUT2D eigenvalue weighted by Crippen LogP contribution is 2.27. The minimum Gasteiger partial charge on any atom is -0.495 e. The van der Waals surface area contributed by atoms with Crippen molar-refractivity contribution in [1.29, 1.82) is 5.26 Å². The summed E-state index contributed by atoms with van der Waals surface area (Å²) in [6.45, 7) is 0. The zero-order valence-corrected chi connectivity index (χ0v) is 11.2. The zero-order chi connectivity index (χ0) is 14.5. The van der Waals surface area contributed by atoms with Gasteiger partial charge in [-0.25, -0.2) is 0 Å². The average Bonchev–Trinajstić information content (AvgIpc) is 2.53. The number of carbonyl (C=O) groups is 1. The summed E-state index contributed by atoms with van der Waals surface area (Å²) in [6.07, 6.45) is 2.86. The summed E-state index contributed by atoms with van der Waals surface area (Å²) >= 11 is 0. The van der Waals surface area contributed by atoms with Gasteiger partial charge >= 0.3 is 0 Å². The van der Waals surface area contributed by atoms with E-state index < -0.39 is 0 Å². The standard InChI is InChI=1S/C15H13N3O2/c1-18(13-5-3-4-6-14(13)20-2)15(19)12-7-11(8-16)9-17-10-12/h3-7,9-10H,1-2H3. The lowest BCUT2D eigenvalue weighted by Gasteiger charge is -2.19. The lowest BCUT2D eigenvalue weighted by molar-refractivity contribution is 0.0992. The van der Waals surface area contributed by atoms with Crippen LogP contribution in [0.4, 0.5) is 5.69 Å². The number of hydrogen-bond donors (Lipinski definition) is 0. The number of hydrogen-bond acceptors (Lipinski definition) is 4. The summed E-state index contributed by atoms with van der Waals surface area (Å²) < 4.78 is 5.24. The van der Waals surface area contributed by atoms with Gasteiger partial charge < -0.3 is 9.64 Å². The van der Waals surface area contributed by atoms with Gasteiger partial charge in [-0.3, -0.25) is 9.78 Å². The van der Waals surface area contributed by atoms with Crippen LogP contribution in [0.15, 0.2) is 42.7 Å². The summed E-state index contributed by atoms with van der Waals surface area (Å²) in [4.78, 5) is 17.8. The second-order valence-corrected chi connectivity index (χ2v) is 4.11. The van der Waals surface area contributed by atoms with E-state index in [4.69, 9.17) is 10.00 Å². The summed E-state index contributed by atoms with van der Waals surface area (Å²) in [5.41, 5.74) is 1.36. The molecule has 100 valence electrons. The molecule has 2 aromatic rings. The minimum atomic E-state index is -0.251. The van der Waals surface area contributed by atoms with Gasteiger partial charge in [-0.2, -0.15) is 5.26 Å². The largest absolute Gasteiger partial charge is 0.495 e. The Morgan fingerprint density at radius 2 is 2.10 bits per heavy atom. The summed E-state index contributed by atoms with van der Waals surface area (Å²) in [7, 11) is 3.20. The van der Waals surface area contributed by atoms with Gasteiger partial charge in [-0.15, -0.1) is 0 Å². The minimum absolute atomic E-state index is 0.251. The van der Waals surface area contributed by atoms with E-state index in [1.54, 1.807) is 26.3 Å². The smallest absolute Gasteiger partial charge is 0.259 e. The van der Waals surface area contributed by atoms with Gasteiger partial charge in [0, 0.05) is 19.4 Å². The van der Waals surface area contributed by atoms with Crippen molar-refractivity contribution in [3.05, 3.63) is 53.9 Å². The number of pyridine rings is 1. The van der Waals surface area contributed by atoms with E-state index in [-0.39, 0.29) is 5.91 Å². The van der Waals surface area contributed by atoms with Crippen molar-refractivity contribution in [1.82, 2.24) is 4.98 Å². The number of methoxy groups -OCH3 is 1. The number of aromatic nitrogens is 1. The molecule has 1 amide bonds. The molecule has 0 aliphatic rings. The third kappa shape index (κ3) is 2.59. The zero-order valence-electron chi connectivity index (χ0n) is 11.2. The number of rotatable bonds is 3. The average molecular weight is 267 g/mol. The molecule has 0 saturated carbocycles. The van der Waals surface area contributed by atoms with Crippen LogP contribution < -0.4 is 9.64 Å².